The molecular weight excluding hydrogens is 174 g/mol. The molecule has 0 radical (unpaired) electrons. The molecule has 1 aliphatic carbocycles. The highest BCUT2D eigenvalue weighted by Gasteiger charge is 2.47. The molecule has 14 heavy (non-hydrogen) atoms. The van der Waals surface area contributed by atoms with Crippen LogP contribution in [0.5, 0.6) is 0 Å². The van der Waals surface area contributed by atoms with E-state index in [4.69, 9.17) is 5.73 Å². The second-order valence-corrected chi connectivity index (χ2v) is 4.76. The minimum absolute atomic E-state index is 0.429. The molecule has 1 saturated heterocycles. The molecule has 3 heteroatoms. The first kappa shape index (κ1) is 10.4. The molecule has 0 amide bonds. The van der Waals surface area contributed by atoms with Crippen molar-refractivity contribution in [2.24, 2.45) is 5.73 Å². The van der Waals surface area contributed by atoms with Gasteiger partial charge in [0.15, 0.2) is 0 Å². The van der Waals surface area contributed by atoms with Gasteiger partial charge >= 0.3 is 0 Å². The third-order valence-corrected chi connectivity index (χ3v) is 3.79. The summed E-state index contributed by atoms with van der Waals surface area (Å²) in [5, 5.41) is 0. The molecule has 0 bridgehead atoms. The van der Waals surface area contributed by atoms with E-state index in [0.717, 1.165) is 6.54 Å². The SMILES string of the molecule is CCCN1CCN(C2(CN)CC2)CC1. The first-order valence-electron chi connectivity index (χ1n) is 5.98. The number of hydrogen-bond acceptors (Lipinski definition) is 3. The molecule has 2 fully saturated rings. The van der Waals surface area contributed by atoms with Crippen LogP contribution in [0.2, 0.25) is 0 Å². The fraction of sp³-hybridized carbons (Fsp3) is 1.00. The quantitative estimate of drug-likeness (QED) is 0.712. The zero-order valence-electron chi connectivity index (χ0n) is 9.34. The minimum Gasteiger partial charge on any atom is -0.329 e. The average Bonchev–Trinajstić information content (AvgIpc) is 3.00. The zero-order valence-corrected chi connectivity index (χ0v) is 9.34. The Hall–Kier alpha value is -0.120. The summed E-state index contributed by atoms with van der Waals surface area (Å²) in [7, 11) is 0. The van der Waals surface area contributed by atoms with Crippen LogP contribution >= 0.6 is 0 Å². The highest BCUT2D eigenvalue weighted by Crippen LogP contribution is 2.40. The maximum atomic E-state index is 5.84. The molecule has 2 N–H and O–H groups in total. The minimum atomic E-state index is 0.429. The molecule has 0 atom stereocenters. The lowest BCUT2D eigenvalue weighted by atomic mass is 10.2. The van der Waals surface area contributed by atoms with E-state index in [1.54, 1.807) is 0 Å². The van der Waals surface area contributed by atoms with E-state index in [0.29, 0.717) is 5.54 Å². The molecule has 0 aromatic heterocycles. The fourth-order valence-corrected chi connectivity index (χ4v) is 2.56. The van der Waals surface area contributed by atoms with Gasteiger partial charge in [0.05, 0.1) is 0 Å². The van der Waals surface area contributed by atoms with Crippen molar-refractivity contribution in [3.05, 3.63) is 0 Å². The van der Waals surface area contributed by atoms with Crippen molar-refractivity contribution in [2.75, 3.05) is 39.3 Å². The van der Waals surface area contributed by atoms with E-state index < -0.39 is 0 Å². The van der Waals surface area contributed by atoms with Gasteiger partial charge in [-0.3, -0.25) is 4.90 Å². The molecule has 0 unspecified atom stereocenters. The Morgan fingerprint density at radius 2 is 1.79 bits per heavy atom. The predicted molar refractivity (Wildman–Crippen MR) is 59.3 cm³/mol. The molecular formula is C11H23N3. The van der Waals surface area contributed by atoms with Crippen LogP contribution in [0.25, 0.3) is 0 Å². The summed E-state index contributed by atoms with van der Waals surface area (Å²) in [6.45, 7) is 9.35. The van der Waals surface area contributed by atoms with E-state index >= 15 is 0 Å². The molecule has 1 saturated carbocycles. The normalized spacial score (nSPS) is 27.9. The van der Waals surface area contributed by atoms with Gasteiger partial charge in [0, 0.05) is 38.3 Å². The largest absolute Gasteiger partial charge is 0.329 e. The van der Waals surface area contributed by atoms with Crippen LogP contribution in [0, 0.1) is 0 Å². The number of nitrogens with two attached hydrogens (primary N) is 1. The van der Waals surface area contributed by atoms with Gasteiger partial charge < -0.3 is 10.6 Å². The van der Waals surface area contributed by atoms with Crippen molar-refractivity contribution in [2.45, 2.75) is 31.7 Å². The van der Waals surface area contributed by atoms with Gasteiger partial charge in [0.2, 0.25) is 0 Å². The van der Waals surface area contributed by atoms with Crippen molar-refractivity contribution in [1.29, 1.82) is 0 Å². The van der Waals surface area contributed by atoms with E-state index in [1.807, 2.05) is 0 Å². The van der Waals surface area contributed by atoms with Crippen molar-refractivity contribution >= 4 is 0 Å². The third-order valence-electron chi connectivity index (χ3n) is 3.79. The Bertz CT molecular complexity index is 181. The highest BCUT2D eigenvalue weighted by molar-refractivity contribution is 5.05. The van der Waals surface area contributed by atoms with Crippen LogP contribution in [0.4, 0.5) is 0 Å². The van der Waals surface area contributed by atoms with Gasteiger partial charge in [-0.05, 0) is 25.8 Å². The zero-order chi connectivity index (χ0) is 10.0. The Morgan fingerprint density at radius 3 is 2.21 bits per heavy atom. The fourth-order valence-electron chi connectivity index (χ4n) is 2.56. The summed E-state index contributed by atoms with van der Waals surface area (Å²) >= 11 is 0. The van der Waals surface area contributed by atoms with Crippen LogP contribution < -0.4 is 5.73 Å². The monoisotopic (exact) mass is 197 g/mol. The summed E-state index contributed by atoms with van der Waals surface area (Å²) in [6, 6.07) is 0. The van der Waals surface area contributed by atoms with E-state index in [-0.39, 0.29) is 0 Å². The van der Waals surface area contributed by atoms with Crippen LogP contribution in [-0.2, 0) is 0 Å². The van der Waals surface area contributed by atoms with Gasteiger partial charge in [-0.2, -0.15) is 0 Å². The van der Waals surface area contributed by atoms with Crippen molar-refractivity contribution in [3.8, 4) is 0 Å². The third kappa shape index (κ3) is 1.95. The predicted octanol–water partition coefficient (Wildman–Crippen LogP) is 0.505. The lowest BCUT2D eigenvalue weighted by Gasteiger charge is -2.39. The van der Waals surface area contributed by atoms with Gasteiger partial charge in [0.25, 0.3) is 0 Å². The van der Waals surface area contributed by atoms with E-state index in [9.17, 15) is 0 Å². The van der Waals surface area contributed by atoms with Crippen LogP contribution in [0.15, 0.2) is 0 Å². The highest BCUT2D eigenvalue weighted by atomic mass is 15.3. The van der Waals surface area contributed by atoms with Gasteiger partial charge in [-0.25, -0.2) is 0 Å². The molecule has 1 aliphatic heterocycles. The first-order valence-corrected chi connectivity index (χ1v) is 5.98. The molecule has 3 nitrogen and oxygen atoms in total. The summed E-state index contributed by atoms with van der Waals surface area (Å²) in [6.07, 6.45) is 3.94. The Morgan fingerprint density at radius 1 is 1.14 bits per heavy atom. The summed E-state index contributed by atoms with van der Waals surface area (Å²) in [4.78, 5) is 5.20. The molecule has 0 aromatic rings. The number of hydrogen-bond donors (Lipinski definition) is 1. The van der Waals surface area contributed by atoms with Gasteiger partial charge in [0.1, 0.15) is 0 Å². The summed E-state index contributed by atoms with van der Waals surface area (Å²) in [5.41, 5.74) is 6.27. The number of nitrogens with zero attached hydrogens (tertiary/aromatic N) is 2. The van der Waals surface area contributed by atoms with Crippen LogP contribution in [0.1, 0.15) is 26.2 Å². The van der Waals surface area contributed by atoms with E-state index in [1.165, 1.54) is 52.0 Å². The molecule has 82 valence electrons. The van der Waals surface area contributed by atoms with Crippen molar-refractivity contribution in [1.82, 2.24) is 9.80 Å². The lowest BCUT2D eigenvalue weighted by Crippen LogP contribution is -2.53. The van der Waals surface area contributed by atoms with Crippen molar-refractivity contribution in [3.63, 3.8) is 0 Å². The van der Waals surface area contributed by atoms with Crippen LogP contribution in [-0.4, -0.2) is 54.6 Å². The Labute approximate surface area is 87.2 Å². The standard InChI is InChI=1S/C11H23N3/c1-2-5-13-6-8-14(9-7-13)11(10-12)3-4-11/h2-10,12H2,1H3. The lowest BCUT2D eigenvalue weighted by molar-refractivity contribution is 0.0880. The topological polar surface area (TPSA) is 32.5 Å². The second-order valence-electron chi connectivity index (χ2n) is 4.76. The second kappa shape index (κ2) is 4.17. The van der Waals surface area contributed by atoms with Gasteiger partial charge in [-0.1, -0.05) is 6.92 Å². The summed E-state index contributed by atoms with van der Waals surface area (Å²) < 4.78 is 0. The average molecular weight is 197 g/mol. The number of piperazine rings is 1. The van der Waals surface area contributed by atoms with Crippen LogP contribution in [0.3, 0.4) is 0 Å². The first-order chi connectivity index (χ1) is 6.80. The molecule has 0 spiro atoms. The maximum absolute atomic E-state index is 5.84. The van der Waals surface area contributed by atoms with E-state index in [2.05, 4.69) is 16.7 Å². The molecule has 2 rings (SSSR count). The Kier molecular flexibility index (Phi) is 3.10. The maximum Gasteiger partial charge on any atom is 0.0334 e. The smallest absolute Gasteiger partial charge is 0.0334 e. The summed E-state index contributed by atoms with van der Waals surface area (Å²) in [5.74, 6) is 0. The molecule has 1 heterocycles. The van der Waals surface area contributed by atoms with Gasteiger partial charge in [-0.15, -0.1) is 0 Å². The molecule has 2 aliphatic rings. The Balaban J connectivity index is 1.78. The van der Waals surface area contributed by atoms with Crippen molar-refractivity contribution < 1.29 is 0 Å². The number of rotatable bonds is 4. The molecule has 0 aromatic carbocycles.